The summed E-state index contributed by atoms with van der Waals surface area (Å²) < 4.78 is 19.1. The maximum atomic E-state index is 6.96. The fourth-order valence-electron chi connectivity index (χ4n) is 4.16. The third kappa shape index (κ3) is 4.01. The summed E-state index contributed by atoms with van der Waals surface area (Å²) in [4.78, 5) is 0. The number of benzene rings is 2. The monoisotopic (exact) mass is 396 g/mol. The average molecular weight is 397 g/mol. The molecule has 0 amide bonds. The van der Waals surface area contributed by atoms with Gasteiger partial charge in [0.1, 0.15) is 12.2 Å². The maximum absolute atomic E-state index is 6.96. The zero-order chi connectivity index (χ0) is 20.4. The molecule has 0 aromatic heterocycles. The normalized spacial score (nSPS) is 22.2. The minimum Gasteiger partial charge on any atom is -0.405 e. The molecule has 2 atom stereocenters. The third-order valence-corrected chi connectivity index (χ3v) is 10.3. The lowest BCUT2D eigenvalue weighted by Gasteiger charge is -2.43. The highest BCUT2D eigenvalue weighted by Gasteiger charge is 2.51. The molecule has 3 nitrogen and oxygen atoms in total. The van der Waals surface area contributed by atoms with E-state index in [0.717, 1.165) is 0 Å². The topological polar surface area (TPSA) is 27.7 Å². The summed E-state index contributed by atoms with van der Waals surface area (Å²) in [6.45, 7) is 15.1. The van der Waals surface area contributed by atoms with Crippen molar-refractivity contribution in [3.8, 4) is 0 Å². The second-order valence-corrected chi connectivity index (χ2v) is 13.2. The van der Waals surface area contributed by atoms with Gasteiger partial charge in [0.25, 0.3) is 8.32 Å². The van der Waals surface area contributed by atoms with Crippen molar-refractivity contribution in [2.24, 2.45) is 0 Å². The maximum Gasteiger partial charge on any atom is 0.261 e. The minimum atomic E-state index is -2.58. The van der Waals surface area contributed by atoms with E-state index in [0.29, 0.717) is 6.61 Å². The average Bonchev–Trinajstić information content (AvgIpc) is 2.97. The molecule has 1 fully saturated rings. The summed E-state index contributed by atoms with van der Waals surface area (Å²) >= 11 is 0. The first-order valence-electron chi connectivity index (χ1n) is 9.93. The number of hydrogen-bond acceptors (Lipinski definition) is 3. The highest BCUT2D eigenvalue weighted by molar-refractivity contribution is 6.99. The fourth-order valence-corrected chi connectivity index (χ4v) is 8.73. The van der Waals surface area contributed by atoms with Gasteiger partial charge < -0.3 is 13.9 Å². The molecular weight excluding hydrogens is 364 g/mol. The van der Waals surface area contributed by atoms with Crippen LogP contribution in [0.25, 0.3) is 0 Å². The Morgan fingerprint density at radius 1 is 0.964 bits per heavy atom. The zero-order valence-corrected chi connectivity index (χ0v) is 18.6. The van der Waals surface area contributed by atoms with Crippen molar-refractivity contribution < 1.29 is 13.9 Å². The molecule has 1 saturated heterocycles. The highest BCUT2D eigenvalue weighted by atomic mass is 28.4. The Kier molecular flexibility index (Phi) is 5.96. The van der Waals surface area contributed by atoms with Crippen LogP contribution in [0.5, 0.6) is 0 Å². The molecule has 150 valence electrons. The van der Waals surface area contributed by atoms with Crippen LogP contribution in [0.15, 0.2) is 73.3 Å². The van der Waals surface area contributed by atoms with Gasteiger partial charge in [-0.3, -0.25) is 0 Å². The highest BCUT2D eigenvalue weighted by Crippen LogP contribution is 2.38. The summed E-state index contributed by atoms with van der Waals surface area (Å²) in [5.74, 6) is -0.627. The SMILES string of the molecule is C=C[C@@H]1OC(C)(C)O[C@H]1CO[Si](c1ccccc1)(c1ccccc1)C(C)(C)C. The molecular formula is C24H32O3Si. The van der Waals surface area contributed by atoms with Crippen LogP contribution in [0.2, 0.25) is 5.04 Å². The molecule has 0 radical (unpaired) electrons. The van der Waals surface area contributed by atoms with Crippen LogP contribution in [0.1, 0.15) is 34.6 Å². The van der Waals surface area contributed by atoms with Gasteiger partial charge in [0.05, 0.1) is 6.61 Å². The first-order chi connectivity index (χ1) is 13.2. The summed E-state index contributed by atoms with van der Waals surface area (Å²) in [5, 5.41) is 2.47. The van der Waals surface area contributed by atoms with Gasteiger partial charge in [-0.15, -0.1) is 6.58 Å². The molecule has 2 aromatic rings. The number of ether oxygens (including phenoxy) is 2. The van der Waals surface area contributed by atoms with E-state index >= 15 is 0 Å². The van der Waals surface area contributed by atoms with Crippen LogP contribution >= 0.6 is 0 Å². The second kappa shape index (κ2) is 7.95. The lowest BCUT2D eigenvalue weighted by Crippen LogP contribution is -2.67. The molecule has 4 heteroatoms. The molecule has 2 aromatic carbocycles. The molecule has 1 aliphatic rings. The molecule has 0 unspecified atom stereocenters. The van der Waals surface area contributed by atoms with Gasteiger partial charge in [0.2, 0.25) is 0 Å². The quantitative estimate of drug-likeness (QED) is 0.539. The van der Waals surface area contributed by atoms with Gasteiger partial charge in [-0.1, -0.05) is 87.5 Å². The molecule has 28 heavy (non-hydrogen) atoms. The molecule has 0 bridgehead atoms. The van der Waals surface area contributed by atoms with Crippen molar-refractivity contribution in [2.75, 3.05) is 6.61 Å². The van der Waals surface area contributed by atoms with Crippen LogP contribution in [0.3, 0.4) is 0 Å². The first-order valence-corrected chi connectivity index (χ1v) is 11.8. The third-order valence-electron chi connectivity index (χ3n) is 5.33. The van der Waals surface area contributed by atoms with E-state index in [1.54, 1.807) is 0 Å². The van der Waals surface area contributed by atoms with Gasteiger partial charge in [-0.2, -0.15) is 0 Å². The Morgan fingerprint density at radius 3 is 1.89 bits per heavy atom. The second-order valence-electron chi connectivity index (χ2n) is 8.85. The predicted molar refractivity (Wildman–Crippen MR) is 118 cm³/mol. The molecule has 0 saturated carbocycles. The molecule has 0 spiro atoms. The van der Waals surface area contributed by atoms with Crippen LogP contribution < -0.4 is 10.4 Å². The van der Waals surface area contributed by atoms with E-state index in [1.807, 2.05) is 19.9 Å². The largest absolute Gasteiger partial charge is 0.405 e. The molecule has 3 rings (SSSR count). The summed E-state index contributed by atoms with van der Waals surface area (Å²) in [6, 6.07) is 21.3. The summed E-state index contributed by atoms with van der Waals surface area (Å²) in [5.41, 5.74) is 0. The number of hydrogen-bond donors (Lipinski definition) is 0. The van der Waals surface area contributed by atoms with Crippen LogP contribution in [-0.4, -0.2) is 32.9 Å². The zero-order valence-electron chi connectivity index (χ0n) is 17.6. The van der Waals surface area contributed by atoms with Crippen LogP contribution in [-0.2, 0) is 13.9 Å². The van der Waals surface area contributed by atoms with E-state index in [9.17, 15) is 0 Å². The van der Waals surface area contributed by atoms with E-state index in [1.165, 1.54) is 10.4 Å². The van der Waals surface area contributed by atoms with Crippen molar-refractivity contribution in [2.45, 2.75) is 57.7 Å². The Bertz CT molecular complexity index is 741. The van der Waals surface area contributed by atoms with Gasteiger partial charge in [0, 0.05) is 0 Å². The standard InChI is InChI=1S/C24H32O3Si/c1-7-21-22(27-24(5,6)26-21)18-25-28(23(2,3)4,19-14-10-8-11-15-19)20-16-12-9-13-17-20/h7-17,21-22H,1,18H2,2-6H3/t21-,22-/m0/s1. The van der Waals surface area contributed by atoms with Crippen molar-refractivity contribution in [1.82, 2.24) is 0 Å². The van der Waals surface area contributed by atoms with Crippen LogP contribution in [0, 0.1) is 0 Å². The molecule has 1 heterocycles. The lowest BCUT2D eigenvalue weighted by atomic mass is 10.2. The smallest absolute Gasteiger partial charge is 0.261 e. The van der Waals surface area contributed by atoms with E-state index in [2.05, 4.69) is 88.0 Å². The van der Waals surface area contributed by atoms with Crippen molar-refractivity contribution in [3.63, 3.8) is 0 Å². The van der Waals surface area contributed by atoms with Crippen molar-refractivity contribution in [3.05, 3.63) is 73.3 Å². The van der Waals surface area contributed by atoms with E-state index in [-0.39, 0.29) is 17.2 Å². The van der Waals surface area contributed by atoms with Crippen LogP contribution in [0.4, 0.5) is 0 Å². The van der Waals surface area contributed by atoms with Gasteiger partial charge >= 0.3 is 0 Å². The Morgan fingerprint density at radius 2 is 1.46 bits per heavy atom. The molecule has 0 aliphatic carbocycles. The molecule has 0 N–H and O–H groups in total. The van der Waals surface area contributed by atoms with E-state index in [4.69, 9.17) is 13.9 Å². The summed E-state index contributed by atoms with van der Waals surface area (Å²) in [6.07, 6.45) is 1.47. The first kappa shape index (κ1) is 21.0. The van der Waals surface area contributed by atoms with E-state index < -0.39 is 14.1 Å². The van der Waals surface area contributed by atoms with Crippen molar-refractivity contribution >= 4 is 18.7 Å². The van der Waals surface area contributed by atoms with Gasteiger partial charge in [0.15, 0.2) is 5.79 Å². The van der Waals surface area contributed by atoms with Gasteiger partial charge in [-0.05, 0) is 29.3 Å². The lowest BCUT2D eigenvalue weighted by molar-refractivity contribution is -0.145. The molecule has 1 aliphatic heterocycles. The minimum absolute atomic E-state index is 0.0611. The predicted octanol–water partition coefficient (Wildman–Crippen LogP) is 4.27. The van der Waals surface area contributed by atoms with Gasteiger partial charge in [-0.25, -0.2) is 0 Å². The number of rotatable bonds is 6. The fraction of sp³-hybridized carbons (Fsp3) is 0.417. The Labute approximate surface area is 170 Å². The van der Waals surface area contributed by atoms with Crippen molar-refractivity contribution in [1.29, 1.82) is 0 Å². The Hall–Kier alpha value is -1.72. The summed E-state index contributed by atoms with van der Waals surface area (Å²) in [7, 11) is -2.58. The Balaban J connectivity index is 2.03.